The zero-order valence-corrected chi connectivity index (χ0v) is 15.5. The minimum Gasteiger partial charge on any atom is -0.381 e. The number of likely N-dealkylation sites (tertiary alicyclic amines) is 1. The molecular formula is C21H30N2O2. The van der Waals surface area contributed by atoms with Crippen molar-refractivity contribution in [3.8, 4) is 0 Å². The summed E-state index contributed by atoms with van der Waals surface area (Å²) in [5.41, 5.74) is 4.00. The van der Waals surface area contributed by atoms with Crippen LogP contribution in [0.3, 0.4) is 0 Å². The molecule has 0 bridgehead atoms. The Kier molecular flexibility index (Phi) is 4.83. The number of hydrogen-bond donors (Lipinski definition) is 1. The molecule has 0 radical (unpaired) electrons. The average Bonchev–Trinajstić information content (AvgIpc) is 3.21. The van der Waals surface area contributed by atoms with E-state index in [9.17, 15) is 4.79 Å². The summed E-state index contributed by atoms with van der Waals surface area (Å²) in [6.45, 7) is 7.11. The SMILES string of the molecule is Cc1ccc2c(c1)[C@H](NC(=O)[C@H]1CCCN1C1CCOCC1)[C@H](C)C2. The van der Waals surface area contributed by atoms with Gasteiger partial charge in [-0.25, -0.2) is 0 Å². The number of fused-ring (bicyclic) bond motifs is 1. The molecule has 4 heteroatoms. The summed E-state index contributed by atoms with van der Waals surface area (Å²) >= 11 is 0. The van der Waals surface area contributed by atoms with Gasteiger partial charge in [0, 0.05) is 19.3 Å². The molecule has 2 saturated heterocycles. The Labute approximate surface area is 150 Å². The van der Waals surface area contributed by atoms with Gasteiger partial charge >= 0.3 is 0 Å². The Hall–Kier alpha value is -1.39. The molecule has 2 fully saturated rings. The molecule has 1 aliphatic carbocycles. The summed E-state index contributed by atoms with van der Waals surface area (Å²) in [7, 11) is 0. The molecule has 3 atom stereocenters. The largest absolute Gasteiger partial charge is 0.381 e. The second-order valence-corrected chi connectivity index (χ2v) is 8.11. The van der Waals surface area contributed by atoms with Gasteiger partial charge in [0.25, 0.3) is 0 Å². The molecule has 25 heavy (non-hydrogen) atoms. The highest BCUT2D eigenvalue weighted by Crippen LogP contribution is 2.37. The molecule has 2 heterocycles. The number of aryl methyl sites for hydroxylation is 1. The van der Waals surface area contributed by atoms with Crippen LogP contribution in [0.15, 0.2) is 18.2 Å². The Balaban J connectivity index is 1.47. The third-order valence-corrected chi connectivity index (χ3v) is 6.30. The fraction of sp³-hybridized carbons (Fsp3) is 0.667. The Morgan fingerprint density at radius 3 is 2.84 bits per heavy atom. The number of hydrogen-bond acceptors (Lipinski definition) is 3. The molecule has 4 rings (SSSR count). The van der Waals surface area contributed by atoms with Crippen molar-refractivity contribution >= 4 is 5.91 Å². The smallest absolute Gasteiger partial charge is 0.237 e. The van der Waals surface area contributed by atoms with Gasteiger partial charge in [0.2, 0.25) is 5.91 Å². The second-order valence-electron chi connectivity index (χ2n) is 8.11. The van der Waals surface area contributed by atoms with Gasteiger partial charge in [-0.05, 0) is 62.6 Å². The third kappa shape index (κ3) is 3.34. The van der Waals surface area contributed by atoms with Crippen LogP contribution in [0.25, 0.3) is 0 Å². The first-order chi connectivity index (χ1) is 12.1. The fourth-order valence-corrected chi connectivity index (χ4v) is 4.95. The van der Waals surface area contributed by atoms with E-state index in [0.717, 1.165) is 51.9 Å². The van der Waals surface area contributed by atoms with Crippen molar-refractivity contribution in [1.82, 2.24) is 10.2 Å². The summed E-state index contributed by atoms with van der Waals surface area (Å²) in [6.07, 6.45) is 5.31. The average molecular weight is 342 g/mol. The predicted octanol–water partition coefficient (Wildman–Crippen LogP) is 2.99. The number of amides is 1. The summed E-state index contributed by atoms with van der Waals surface area (Å²) in [6, 6.07) is 7.40. The molecule has 4 nitrogen and oxygen atoms in total. The lowest BCUT2D eigenvalue weighted by atomic mass is 10.0. The topological polar surface area (TPSA) is 41.6 Å². The monoisotopic (exact) mass is 342 g/mol. The lowest BCUT2D eigenvalue weighted by molar-refractivity contribution is -0.128. The van der Waals surface area contributed by atoms with E-state index in [1.54, 1.807) is 0 Å². The molecular weight excluding hydrogens is 312 g/mol. The van der Waals surface area contributed by atoms with Crippen LogP contribution in [0.1, 0.15) is 55.3 Å². The molecule has 0 saturated carbocycles. The van der Waals surface area contributed by atoms with E-state index in [1.807, 2.05) is 0 Å². The normalized spacial score (nSPS) is 30.4. The van der Waals surface area contributed by atoms with Crippen molar-refractivity contribution in [3.05, 3.63) is 34.9 Å². The van der Waals surface area contributed by atoms with Crippen molar-refractivity contribution in [1.29, 1.82) is 0 Å². The van der Waals surface area contributed by atoms with E-state index in [2.05, 4.69) is 42.3 Å². The Morgan fingerprint density at radius 1 is 1.24 bits per heavy atom. The number of carbonyl (C=O) groups is 1. The van der Waals surface area contributed by atoms with E-state index >= 15 is 0 Å². The standard InChI is InChI=1S/C21H30N2O2/c1-14-5-6-16-13-15(2)20(18(16)12-14)22-21(24)19-4-3-9-23(19)17-7-10-25-11-8-17/h5-6,12,15,17,19-20H,3-4,7-11,13H2,1-2H3,(H,22,24)/t15-,19-,20-/m1/s1. The molecule has 1 aromatic rings. The van der Waals surface area contributed by atoms with Crippen molar-refractivity contribution in [2.45, 2.75) is 64.1 Å². The van der Waals surface area contributed by atoms with E-state index < -0.39 is 0 Å². The maximum atomic E-state index is 13.1. The van der Waals surface area contributed by atoms with Gasteiger partial charge in [0.05, 0.1) is 12.1 Å². The Morgan fingerprint density at radius 2 is 2.04 bits per heavy atom. The minimum absolute atomic E-state index is 0.0455. The van der Waals surface area contributed by atoms with E-state index in [0.29, 0.717) is 12.0 Å². The van der Waals surface area contributed by atoms with Crippen molar-refractivity contribution in [2.24, 2.45) is 5.92 Å². The van der Waals surface area contributed by atoms with E-state index in [1.165, 1.54) is 16.7 Å². The third-order valence-electron chi connectivity index (χ3n) is 6.30. The molecule has 1 aromatic carbocycles. The van der Waals surface area contributed by atoms with Gasteiger partial charge in [-0.3, -0.25) is 9.69 Å². The van der Waals surface area contributed by atoms with Gasteiger partial charge in [0.1, 0.15) is 0 Å². The Bertz CT molecular complexity index is 639. The maximum Gasteiger partial charge on any atom is 0.237 e. The van der Waals surface area contributed by atoms with Crippen molar-refractivity contribution in [2.75, 3.05) is 19.8 Å². The van der Waals surface area contributed by atoms with Gasteiger partial charge in [-0.1, -0.05) is 30.7 Å². The van der Waals surface area contributed by atoms with Crippen LogP contribution in [-0.4, -0.2) is 42.6 Å². The highest BCUT2D eigenvalue weighted by molar-refractivity contribution is 5.82. The van der Waals surface area contributed by atoms with Gasteiger partial charge in [-0.2, -0.15) is 0 Å². The van der Waals surface area contributed by atoms with E-state index in [-0.39, 0.29) is 18.0 Å². The van der Waals surface area contributed by atoms with Crippen molar-refractivity contribution in [3.63, 3.8) is 0 Å². The fourth-order valence-electron chi connectivity index (χ4n) is 4.95. The quantitative estimate of drug-likeness (QED) is 0.918. The number of rotatable bonds is 3. The predicted molar refractivity (Wildman–Crippen MR) is 98.5 cm³/mol. The van der Waals surface area contributed by atoms with Crippen LogP contribution in [0.5, 0.6) is 0 Å². The van der Waals surface area contributed by atoms with Crippen LogP contribution in [-0.2, 0) is 16.0 Å². The molecule has 0 spiro atoms. The minimum atomic E-state index is 0.0455. The van der Waals surface area contributed by atoms with Gasteiger partial charge in [-0.15, -0.1) is 0 Å². The summed E-state index contributed by atoms with van der Waals surface area (Å²) < 4.78 is 5.50. The first-order valence-electron chi connectivity index (χ1n) is 9.87. The van der Waals surface area contributed by atoms with Crippen LogP contribution < -0.4 is 5.32 Å². The van der Waals surface area contributed by atoms with Crippen LogP contribution in [0.4, 0.5) is 0 Å². The highest BCUT2D eigenvalue weighted by atomic mass is 16.5. The molecule has 2 aliphatic heterocycles. The molecule has 136 valence electrons. The number of nitrogens with one attached hydrogen (secondary N) is 1. The molecule has 1 amide bonds. The lowest BCUT2D eigenvalue weighted by Crippen LogP contribution is -2.50. The molecule has 1 N–H and O–H groups in total. The second kappa shape index (κ2) is 7.08. The van der Waals surface area contributed by atoms with Crippen LogP contribution in [0.2, 0.25) is 0 Å². The first kappa shape index (κ1) is 17.0. The maximum absolute atomic E-state index is 13.1. The van der Waals surface area contributed by atoms with E-state index in [4.69, 9.17) is 4.74 Å². The van der Waals surface area contributed by atoms with Crippen LogP contribution >= 0.6 is 0 Å². The summed E-state index contributed by atoms with van der Waals surface area (Å²) in [5.74, 6) is 0.703. The highest BCUT2D eigenvalue weighted by Gasteiger charge is 2.38. The number of nitrogens with zero attached hydrogens (tertiary/aromatic N) is 1. The van der Waals surface area contributed by atoms with Crippen LogP contribution in [0, 0.1) is 12.8 Å². The number of ether oxygens (including phenoxy) is 1. The molecule has 0 unspecified atom stereocenters. The number of carbonyl (C=O) groups excluding carboxylic acids is 1. The molecule has 3 aliphatic rings. The van der Waals surface area contributed by atoms with Crippen molar-refractivity contribution < 1.29 is 9.53 Å². The number of benzene rings is 1. The van der Waals surface area contributed by atoms with Gasteiger partial charge in [0.15, 0.2) is 0 Å². The zero-order chi connectivity index (χ0) is 17.4. The summed E-state index contributed by atoms with van der Waals surface area (Å²) in [4.78, 5) is 15.6. The summed E-state index contributed by atoms with van der Waals surface area (Å²) in [5, 5.41) is 3.41. The lowest BCUT2D eigenvalue weighted by Gasteiger charge is -2.35. The molecule has 0 aromatic heterocycles. The van der Waals surface area contributed by atoms with Gasteiger partial charge < -0.3 is 10.1 Å². The zero-order valence-electron chi connectivity index (χ0n) is 15.5. The first-order valence-corrected chi connectivity index (χ1v) is 9.87.